The van der Waals surface area contributed by atoms with E-state index in [1.54, 1.807) is 17.0 Å². The number of carbonyl (C=O) groups is 1. The molecule has 3 heteroatoms. The third kappa shape index (κ3) is 3.40. The van der Waals surface area contributed by atoms with Crippen LogP contribution in [-0.4, -0.2) is 29.0 Å². The lowest BCUT2D eigenvalue weighted by molar-refractivity contribution is 0.0763. The summed E-state index contributed by atoms with van der Waals surface area (Å²) >= 11 is 0. The number of rotatable bonds is 5. The summed E-state index contributed by atoms with van der Waals surface area (Å²) in [5.41, 5.74) is 1.56. The number of amides is 1. The number of likely N-dealkylation sites (N-methyl/N-ethyl adjacent to an activating group) is 1. The Kier molecular flexibility index (Phi) is 4.80. The van der Waals surface area contributed by atoms with Gasteiger partial charge in [-0.2, -0.15) is 0 Å². The Morgan fingerprint density at radius 3 is 2.25 bits per heavy atom. The third-order valence-electron chi connectivity index (χ3n) is 4.28. The molecule has 0 aliphatic heterocycles. The van der Waals surface area contributed by atoms with E-state index in [1.807, 2.05) is 49.4 Å². The fraction of sp³-hybridized carbons (Fsp3) is 0.190. The van der Waals surface area contributed by atoms with Crippen LogP contribution in [0.3, 0.4) is 0 Å². The molecule has 0 saturated carbocycles. The second-order valence-electron chi connectivity index (χ2n) is 5.84. The van der Waals surface area contributed by atoms with Gasteiger partial charge >= 0.3 is 0 Å². The fourth-order valence-corrected chi connectivity index (χ4v) is 2.88. The zero-order valence-corrected chi connectivity index (χ0v) is 13.8. The van der Waals surface area contributed by atoms with E-state index in [9.17, 15) is 9.90 Å². The zero-order chi connectivity index (χ0) is 16.9. The van der Waals surface area contributed by atoms with Gasteiger partial charge in [0.1, 0.15) is 5.75 Å². The summed E-state index contributed by atoms with van der Waals surface area (Å²) < 4.78 is 0. The van der Waals surface area contributed by atoms with Crippen LogP contribution in [0.15, 0.2) is 66.7 Å². The summed E-state index contributed by atoms with van der Waals surface area (Å²) in [6, 6.07) is 21.3. The number of phenols is 1. The van der Waals surface area contributed by atoms with Crippen molar-refractivity contribution in [2.24, 2.45) is 0 Å². The normalized spacial score (nSPS) is 10.7. The molecule has 3 nitrogen and oxygen atoms in total. The van der Waals surface area contributed by atoms with Gasteiger partial charge in [0.25, 0.3) is 5.91 Å². The molecular weight excluding hydrogens is 298 g/mol. The summed E-state index contributed by atoms with van der Waals surface area (Å²) in [5.74, 6) is -0.0893. The Balaban J connectivity index is 1.82. The van der Waals surface area contributed by atoms with Crippen molar-refractivity contribution >= 4 is 16.7 Å². The fourth-order valence-electron chi connectivity index (χ4n) is 2.88. The SMILES string of the molecule is CCN(CCc1ccccc1)C(=O)c1cc2ccccc2cc1O. The van der Waals surface area contributed by atoms with Crippen molar-refractivity contribution in [1.29, 1.82) is 0 Å². The van der Waals surface area contributed by atoms with E-state index in [1.165, 1.54) is 5.56 Å². The molecule has 0 bridgehead atoms. The molecule has 0 aliphatic carbocycles. The highest BCUT2D eigenvalue weighted by atomic mass is 16.3. The zero-order valence-electron chi connectivity index (χ0n) is 13.8. The highest BCUT2D eigenvalue weighted by molar-refractivity contribution is 6.01. The smallest absolute Gasteiger partial charge is 0.257 e. The molecule has 3 aromatic carbocycles. The van der Waals surface area contributed by atoms with Crippen molar-refractivity contribution < 1.29 is 9.90 Å². The molecule has 0 spiro atoms. The van der Waals surface area contributed by atoms with Gasteiger partial charge in [0.05, 0.1) is 5.56 Å². The number of hydrogen-bond acceptors (Lipinski definition) is 2. The van der Waals surface area contributed by atoms with E-state index >= 15 is 0 Å². The first-order chi connectivity index (χ1) is 11.7. The second-order valence-corrected chi connectivity index (χ2v) is 5.84. The number of hydrogen-bond donors (Lipinski definition) is 1. The average Bonchev–Trinajstić information content (AvgIpc) is 2.62. The van der Waals surface area contributed by atoms with Crippen LogP contribution in [0.25, 0.3) is 10.8 Å². The predicted octanol–water partition coefficient (Wildman–Crippen LogP) is 4.25. The Hall–Kier alpha value is -2.81. The van der Waals surface area contributed by atoms with Crippen molar-refractivity contribution in [3.8, 4) is 5.75 Å². The quantitative estimate of drug-likeness (QED) is 0.764. The van der Waals surface area contributed by atoms with Crippen LogP contribution in [0.4, 0.5) is 0 Å². The number of carbonyl (C=O) groups excluding carboxylic acids is 1. The van der Waals surface area contributed by atoms with E-state index in [0.717, 1.165) is 17.2 Å². The van der Waals surface area contributed by atoms with Crippen molar-refractivity contribution in [2.45, 2.75) is 13.3 Å². The van der Waals surface area contributed by atoms with Gasteiger partial charge in [0.15, 0.2) is 0 Å². The maximum Gasteiger partial charge on any atom is 0.257 e. The van der Waals surface area contributed by atoms with Crippen LogP contribution < -0.4 is 0 Å². The Bertz CT molecular complexity index is 843. The lowest BCUT2D eigenvalue weighted by atomic mass is 10.0. The highest BCUT2D eigenvalue weighted by Gasteiger charge is 2.18. The molecule has 3 aromatic rings. The van der Waals surface area contributed by atoms with E-state index in [2.05, 4.69) is 12.1 Å². The first-order valence-electron chi connectivity index (χ1n) is 8.24. The molecule has 0 heterocycles. The molecule has 0 fully saturated rings. The van der Waals surface area contributed by atoms with Gasteiger partial charge in [0, 0.05) is 13.1 Å². The van der Waals surface area contributed by atoms with Gasteiger partial charge < -0.3 is 10.0 Å². The molecule has 0 saturated heterocycles. The number of aromatic hydroxyl groups is 1. The Morgan fingerprint density at radius 1 is 0.958 bits per heavy atom. The van der Waals surface area contributed by atoms with E-state index in [4.69, 9.17) is 0 Å². The molecule has 0 aliphatic rings. The Labute approximate surface area is 142 Å². The van der Waals surface area contributed by atoms with Crippen LogP contribution >= 0.6 is 0 Å². The van der Waals surface area contributed by atoms with E-state index in [0.29, 0.717) is 18.7 Å². The topological polar surface area (TPSA) is 40.5 Å². The maximum atomic E-state index is 12.8. The molecular formula is C21H21NO2. The van der Waals surface area contributed by atoms with Gasteiger partial charge in [-0.05, 0) is 41.8 Å². The van der Waals surface area contributed by atoms with Crippen molar-refractivity contribution in [2.75, 3.05) is 13.1 Å². The molecule has 1 amide bonds. The summed E-state index contributed by atoms with van der Waals surface area (Å²) in [6.45, 7) is 3.20. The maximum absolute atomic E-state index is 12.8. The molecule has 0 radical (unpaired) electrons. The highest BCUT2D eigenvalue weighted by Crippen LogP contribution is 2.26. The van der Waals surface area contributed by atoms with E-state index in [-0.39, 0.29) is 11.7 Å². The molecule has 24 heavy (non-hydrogen) atoms. The number of fused-ring (bicyclic) bond motifs is 1. The minimum absolute atomic E-state index is 0.0388. The van der Waals surface area contributed by atoms with Crippen LogP contribution in [0.2, 0.25) is 0 Å². The summed E-state index contributed by atoms with van der Waals surface area (Å²) in [6.07, 6.45) is 0.800. The van der Waals surface area contributed by atoms with Gasteiger partial charge in [-0.25, -0.2) is 0 Å². The number of benzene rings is 3. The van der Waals surface area contributed by atoms with Gasteiger partial charge in [-0.15, -0.1) is 0 Å². The van der Waals surface area contributed by atoms with Gasteiger partial charge in [0.2, 0.25) is 0 Å². The summed E-state index contributed by atoms with van der Waals surface area (Å²) in [4.78, 5) is 14.6. The predicted molar refractivity (Wildman–Crippen MR) is 97.3 cm³/mol. The van der Waals surface area contributed by atoms with E-state index < -0.39 is 0 Å². The average molecular weight is 319 g/mol. The van der Waals surface area contributed by atoms with Crippen LogP contribution in [0.5, 0.6) is 5.75 Å². The molecule has 122 valence electrons. The molecule has 3 rings (SSSR count). The van der Waals surface area contributed by atoms with Crippen molar-refractivity contribution in [3.05, 3.63) is 77.9 Å². The monoisotopic (exact) mass is 319 g/mol. The third-order valence-corrected chi connectivity index (χ3v) is 4.28. The largest absolute Gasteiger partial charge is 0.507 e. The van der Waals surface area contributed by atoms with Crippen LogP contribution in [0, 0.1) is 0 Å². The minimum Gasteiger partial charge on any atom is -0.507 e. The summed E-state index contributed by atoms with van der Waals surface area (Å²) in [5, 5.41) is 12.1. The van der Waals surface area contributed by atoms with Gasteiger partial charge in [-0.3, -0.25) is 4.79 Å². The molecule has 0 unspecified atom stereocenters. The molecule has 0 aromatic heterocycles. The standard InChI is InChI=1S/C21H21NO2/c1-2-22(13-12-16-8-4-3-5-9-16)21(24)19-14-17-10-6-7-11-18(17)15-20(19)23/h3-11,14-15,23H,2,12-13H2,1H3. The van der Waals surface area contributed by atoms with Crippen LogP contribution in [0.1, 0.15) is 22.8 Å². The number of nitrogens with zero attached hydrogens (tertiary/aromatic N) is 1. The summed E-state index contributed by atoms with van der Waals surface area (Å²) in [7, 11) is 0. The van der Waals surface area contributed by atoms with Crippen molar-refractivity contribution in [3.63, 3.8) is 0 Å². The first kappa shape index (κ1) is 16.1. The number of phenolic OH excluding ortho intramolecular Hbond substituents is 1. The minimum atomic E-state index is -0.128. The van der Waals surface area contributed by atoms with Crippen molar-refractivity contribution in [1.82, 2.24) is 4.90 Å². The Morgan fingerprint density at radius 2 is 1.58 bits per heavy atom. The lowest BCUT2D eigenvalue weighted by Crippen LogP contribution is -2.32. The van der Waals surface area contributed by atoms with Gasteiger partial charge in [-0.1, -0.05) is 54.6 Å². The van der Waals surface area contributed by atoms with Crippen LogP contribution in [-0.2, 0) is 6.42 Å². The molecule has 0 atom stereocenters. The second kappa shape index (κ2) is 7.18. The lowest BCUT2D eigenvalue weighted by Gasteiger charge is -2.21. The molecule has 1 N–H and O–H groups in total. The first-order valence-corrected chi connectivity index (χ1v) is 8.24.